The standard InChI is InChI=1S/C10H16N3O12P3/c1-6-4-13(10(14)12-9(6)11)8-3-2-7(23-8)5-22-27(18,19)25-28(20,21)24-26(15,16)17/h2-4,7-8H,5H2,1H3,(H,18,19)(H,20,21)(H2,11,12,14)(H2,15,16,17)/t7-,8+/m0/s1. The summed E-state index contributed by atoms with van der Waals surface area (Å²) in [6, 6.07) is 0. The monoisotopic (exact) mass is 463 g/mol. The molecule has 0 aliphatic carbocycles. The van der Waals surface area contributed by atoms with Gasteiger partial charge in [0, 0.05) is 11.8 Å². The van der Waals surface area contributed by atoms with Gasteiger partial charge in [-0.3, -0.25) is 9.09 Å². The number of rotatable bonds is 8. The molecule has 1 aliphatic heterocycles. The molecule has 15 nitrogen and oxygen atoms in total. The van der Waals surface area contributed by atoms with Gasteiger partial charge in [0.2, 0.25) is 0 Å². The van der Waals surface area contributed by atoms with Crippen LogP contribution in [0.1, 0.15) is 11.8 Å². The molecule has 4 atom stereocenters. The summed E-state index contributed by atoms with van der Waals surface area (Å²) in [4.78, 5) is 50.8. The molecule has 1 aromatic heterocycles. The van der Waals surface area contributed by atoms with E-state index in [4.69, 9.17) is 25.2 Å². The minimum Gasteiger partial charge on any atom is -0.383 e. The SMILES string of the molecule is Cc1cn([C@H]2C=C[C@@H](COP(=O)(O)OP(=O)(O)OP(=O)(O)O)O2)c(=O)nc1N. The number of ether oxygens (including phenoxy) is 1. The molecule has 0 amide bonds. The van der Waals surface area contributed by atoms with Gasteiger partial charge in [-0.25, -0.2) is 18.5 Å². The van der Waals surface area contributed by atoms with Crippen LogP contribution in [0, 0.1) is 6.92 Å². The summed E-state index contributed by atoms with van der Waals surface area (Å²) in [6.45, 7) is 0.941. The smallest absolute Gasteiger partial charge is 0.383 e. The maximum Gasteiger partial charge on any atom is 0.490 e. The van der Waals surface area contributed by atoms with Crippen LogP contribution < -0.4 is 11.4 Å². The zero-order chi connectivity index (χ0) is 21.3. The van der Waals surface area contributed by atoms with Gasteiger partial charge in [0.15, 0.2) is 6.23 Å². The van der Waals surface area contributed by atoms with Crippen LogP contribution in [0.5, 0.6) is 0 Å². The Kier molecular flexibility index (Phi) is 6.81. The molecule has 18 heteroatoms. The zero-order valence-electron chi connectivity index (χ0n) is 14.0. The van der Waals surface area contributed by atoms with E-state index in [0.717, 1.165) is 4.57 Å². The number of phosphoric ester groups is 1. The van der Waals surface area contributed by atoms with E-state index in [-0.39, 0.29) is 5.82 Å². The van der Waals surface area contributed by atoms with Crippen molar-refractivity contribution in [2.24, 2.45) is 0 Å². The summed E-state index contributed by atoms with van der Waals surface area (Å²) in [6.07, 6.45) is 2.29. The summed E-state index contributed by atoms with van der Waals surface area (Å²) >= 11 is 0. The molecule has 1 aromatic rings. The van der Waals surface area contributed by atoms with Crippen LogP contribution in [0.4, 0.5) is 5.82 Å². The highest BCUT2D eigenvalue weighted by Crippen LogP contribution is 2.66. The zero-order valence-corrected chi connectivity index (χ0v) is 16.6. The molecule has 0 saturated carbocycles. The predicted molar refractivity (Wildman–Crippen MR) is 90.5 cm³/mol. The third kappa shape index (κ3) is 6.69. The summed E-state index contributed by atoms with van der Waals surface area (Å²) in [7, 11) is -16.3. The number of hydrogen-bond donors (Lipinski definition) is 5. The quantitative estimate of drug-likeness (QED) is 0.251. The Morgan fingerprint density at radius 3 is 2.43 bits per heavy atom. The van der Waals surface area contributed by atoms with Crippen molar-refractivity contribution in [3.8, 4) is 0 Å². The molecule has 28 heavy (non-hydrogen) atoms. The number of hydrogen-bond acceptors (Lipinski definition) is 10. The van der Waals surface area contributed by atoms with Crippen LogP contribution in [-0.2, 0) is 31.6 Å². The highest BCUT2D eigenvalue weighted by molar-refractivity contribution is 7.66. The molecular weight excluding hydrogens is 447 g/mol. The summed E-state index contributed by atoms with van der Waals surface area (Å²) in [5.41, 5.74) is 5.33. The van der Waals surface area contributed by atoms with Crippen molar-refractivity contribution in [2.45, 2.75) is 19.3 Å². The second-order valence-corrected chi connectivity index (χ2v) is 9.76. The van der Waals surface area contributed by atoms with Crippen molar-refractivity contribution >= 4 is 29.3 Å². The molecule has 2 unspecified atom stereocenters. The second-order valence-electron chi connectivity index (χ2n) is 5.34. The van der Waals surface area contributed by atoms with E-state index in [1.165, 1.54) is 18.3 Å². The molecule has 0 spiro atoms. The highest BCUT2D eigenvalue weighted by Gasteiger charge is 2.41. The number of nitrogen functional groups attached to an aromatic ring is 1. The molecule has 0 aromatic carbocycles. The van der Waals surface area contributed by atoms with Gasteiger partial charge in [-0.15, -0.1) is 0 Å². The Balaban J connectivity index is 1.96. The van der Waals surface area contributed by atoms with Crippen LogP contribution in [0.25, 0.3) is 0 Å². The Labute approximate surface area is 156 Å². The summed E-state index contributed by atoms with van der Waals surface area (Å²) < 4.78 is 51.5. The number of anilines is 1. The normalized spacial score (nSPS) is 24.0. The van der Waals surface area contributed by atoms with Gasteiger partial charge in [-0.1, -0.05) is 6.08 Å². The van der Waals surface area contributed by atoms with E-state index in [9.17, 15) is 23.4 Å². The topological polar surface area (TPSA) is 230 Å². The van der Waals surface area contributed by atoms with Gasteiger partial charge in [-0.05, 0) is 13.0 Å². The van der Waals surface area contributed by atoms with E-state index in [1.807, 2.05) is 0 Å². The third-order valence-electron chi connectivity index (χ3n) is 3.07. The minimum absolute atomic E-state index is 0.0486. The lowest BCUT2D eigenvalue weighted by molar-refractivity contribution is -0.0104. The Bertz CT molecular complexity index is 970. The number of aryl methyl sites for hydroxylation is 1. The fourth-order valence-corrected chi connectivity index (χ4v) is 5.00. The summed E-state index contributed by atoms with van der Waals surface area (Å²) in [5.74, 6) is 0.0486. The van der Waals surface area contributed by atoms with Gasteiger partial charge >= 0.3 is 29.2 Å². The van der Waals surface area contributed by atoms with Gasteiger partial charge in [-0.2, -0.15) is 13.6 Å². The number of nitrogens with two attached hydrogens (primary N) is 1. The maximum atomic E-state index is 11.9. The van der Waals surface area contributed by atoms with Crippen molar-refractivity contribution in [1.82, 2.24) is 9.55 Å². The first-order valence-electron chi connectivity index (χ1n) is 7.15. The fraction of sp³-hybridized carbons (Fsp3) is 0.400. The molecule has 6 N–H and O–H groups in total. The van der Waals surface area contributed by atoms with E-state index in [1.54, 1.807) is 6.92 Å². The lowest BCUT2D eigenvalue weighted by atomic mass is 10.3. The van der Waals surface area contributed by atoms with E-state index < -0.39 is 48.1 Å². The van der Waals surface area contributed by atoms with Crippen molar-refractivity contribution in [3.05, 3.63) is 34.4 Å². The van der Waals surface area contributed by atoms with Crippen LogP contribution in [0.15, 0.2) is 23.1 Å². The van der Waals surface area contributed by atoms with Crippen molar-refractivity contribution in [1.29, 1.82) is 0 Å². The first-order valence-corrected chi connectivity index (χ1v) is 11.7. The minimum atomic E-state index is -5.60. The maximum absolute atomic E-state index is 11.9. The Hall–Kier alpha value is -1.21. The van der Waals surface area contributed by atoms with Crippen LogP contribution >= 0.6 is 23.5 Å². The van der Waals surface area contributed by atoms with E-state index in [2.05, 4.69) is 18.1 Å². The molecule has 2 rings (SSSR count). The highest BCUT2D eigenvalue weighted by atomic mass is 31.3. The number of aromatic nitrogens is 2. The number of phosphoric acid groups is 3. The number of nitrogens with zero attached hydrogens (tertiary/aromatic N) is 2. The molecule has 2 heterocycles. The van der Waals surface area contributed by atoms with E-state index in [0.29, 0.717) is 5.56 Å². The van der Waals surface area contributed by atoms with Crippen molar-refractivity contribution in [3.63, 3.8) is 0 Å². The fourth-order valence-electron chi connectivity index (χ4n) is 1.97. The average molecular weight is 463 g/mol. The van der Waals surface area contributed by atoms with Gasteiger partial charge in [0.25, 0.3) is 0 Å². The lowest BCUT2D eigenvalue weighted by Crippen LogP contribution is -2.29. The van der Waals surface area contributed by atoms with Crippen LogP contribution in [-0.4, -0.2) is 41.8 Å². The molecule has 1 aliphatic rings. The molecule has 0 bridgehead atoms. The first kappa shape index (κ1) is 23.1. The van der Waals surface area contributed by atoms with Crippen LogP contribution in [0.3, 0.4) is 0 Å². The van der Waals surface area contributed by atoms with Gasteiger partial charge in [0.1, 0.15) is 11.9 Å². The van der Waals surface area contributed by atoms with Crippen molar-refractivity contribution in [2.75, 3.05) is 12.3 Å². The van der Waals surface area contributed by atoms with Gasteiger partial charge < -0.3 is 30.0 Å². The van der Waals surface area contributed by atoms with Crippen LogP contribution in [0.2, 0.25) is 0 Å². The van der Waals surface area contributed by atoms with E-state index >= 15 is 0 Å². The second kappa shape index (κ2) is 8.27. The summed E-state index contributed by atoms with van der Waals surface area (Å²) in [5, 5.41) is 0. The largest absolute Gasteiger partial charge is 0.490 e. The molecule has 0 fully saturated rings. The molecular formula is C10H16N3O12P3. The average Bonchev–Trinajstić information content (AvgIpc) is 2.94. The van der Waals surface area contributed by atoms with Gasteiger partial charge in [0.05, 0.1) is 6.61 Å². The third-order valence-corrected chi connectivity index (χ3v) is 6.87. The predicted octanol–water partition coefficient (Wildman–Crippen LogP) is -0.0692. The Morgan fingerprint density at radius 2 is 1.82 bits per heavy atom. The molecule has 0 saturated heterocycles. The molecule has 158 valence electrons. The van der Waals surface area contributed by atoms with Crippen molar-refractivity contribution < 1.29 is 51.2 Å². The Morgan fingerprint density at radius 1 is 1.18 bits per heavy atom. The molecule has 0 radical (unpaired) electrons. The first-order chi connectivity index (χ1) is 12.7. The lowest BCUT2D eigenvalue weighted by Gasteiger charge is -2.19.